The van der Waals surface area contributed by atoms with Gasteiger partial charge in [0, 0.05) is 24.3 Å². The first-order chi connectivity index (χ1) is 11.5. The fraction of sp³-hybridized carbons (Fsp3) is 0.353. The number of hydrogen-bond acceptors (Lipinski definition) is 5. The van der Waals surface area contributed by atoms with Gasteiger partial charge in [-0.15, -0.1) is 0 Å². The standard InChI is InChI=1S/C17H19ClN4O2/c18-13-4-1-3-12(9-13)10-17(15(23)24)6-2-8-22(11-17)16-20-7-5-14(19)21-16/h1,3-5,7,9H,2,6,8,10-11H2,(H,23,24)(H2,19,20,21)/t17-/m0/s1. The Kier molecular flexibility index (Phi) is 4.57. The van der Waals surface area contributed by atoms with Gasteiger partial charge in [0.1, 0.15) is 5.82 Å². The van der Waals surface area contributed by atoms with Gasteiger partial charge in [-0.3, -0.25) is 4.79 Å². The molecular weight excluding hydrogens is 328 g/mol. The molecule has 1 aromatic heterocycles. The molecule has 0 saturated carbocycles. The van der Waals surface area contributed by atoms with Crippen LogP contribution < -0.4 is 10.6 Å². The van der Waals surface area contributed by atoms with Crippen LogP contribution >= 0.6 is 11.6 Å². The number of rotatable bonds is 4. The summed E-state index contributed by atoms with van der Waals surface area (Å²) in [6.45, 7) is 1.06. The van der Waals surface area contributed by atoms with E-state index >= 15 is 0 Å². The number of nitrogen functional groups attached to an aromatic ring is 1. The molecule has 3 N–H and O–H groups in total. The van der Waals surface area contributed by atoms with Crippen molar-refractivity contribution in [2.45, 2.75) is 19.3 Å². The van der Waals surface area contributed by atoms with Crippen LogP contribution in [-0.2, 0) is 11.2 Å². The van der Waals surface area contributed by atoms with E-state index in [4.69, 9.17) is 17.3 Å². The molecule has 1 aliphatic heterocycles. The normalized spacial score (nSPS) is 20.8. The van der Waals surface area contributed by atoms with Gasteiger partial charge >= 0.3 is 5.97 Å². The summed E-state index contributed by atoms with van der Waals surface area (Å²) in [6.07, 6.45) is 3.37. The van der Waals surface area contributed by atoms with E-state index in [0.29, 0.717) is 42.7 Å². The minimum atomic E-state index is -0.892. The second-order valence-electron chi connectivity index (χ2n) is 6.20. The van der Waals surface area contributed by atoms with E-state index < -0.39 is 11.4 Å². The number of aliphatic carboxylic acids is 1. The topological polar surface area (TPSA) is 92.3 Å². The van der Waals surface area contributed by atoms with E-state index in [9.17, 15) is 9.90 Å². The Morgan fingerprint density at radius 3 is 2.96 bits per heavy atom. The number of halogens is 1. The minimum absolute atomic E-state index is 0.346. The van der Waals surface area contributed by atoms with Gasteiger partial charge < -0.3 is 15.7 Å². The molecule has 126 valence electrons. The van der Waals surface area contributed by atoms with Crippen LogP contribution in [0.4, 0.5) is 11.8 Å². The highest BCUT2D eigenvalue weighted by molar-refractivity contribution is 6.30. The van der Waals surface area contributed by atoms with Crippen LogP contribution in [-0.4, -0.2) is 34.1 Å². The maximum atomic E-state index is 12.1. The molecule has 1 atom stereocenters. The van der Waals surface area contributed by atoms with Gasteiger partial charge in [-0.1, -0.05) is 23.7 Å². The molecule has 7 heteroatoms. The number of piperidine rings is 1. The predicted molar refractivity (Wildman–Crippen MR) is 93.1 cm³/mol. The zero-order valence-electron chi connectivity index (χ0n) is 13.2. The molecule has 0 aliphatic carbocycles. The first kappa shape index (κ1) is 16.5. The Balaban J connectivity index is 1.88. The summed E-state index contributed by atoms with van der Waals surface area (Å²) in [5, 5.41) is 10.5. The Bertz CT molecular complexity index is 755. The van der Waals surface area contributed by atoms with E-state index in [0.717, 1.165) is 12.0 Å². The number of anilines is 2. The number of benzene rings is 1. The van der Waals surface area contributed by atoms with Crippen LogP contribution in [0.2, 0.25) is 5.02 Å². The molecule has 6 nitrogen and oxygen atoms in total. The number of hydrogen-bond donors (Lipinski definition) is 2. The van der Waals surface area contributed by atoms with Gasteiger partial charge in [0.2, 0.25) is 5.95 Å². The molecule has 0 radical (unpaired) electrons. The summed E-state index contributed by atoms with van der Waals surface area (Å²) >= 11 is 6.04. The summed E-state index contributed by atoms with van der Waals surface area (Å²) in [6, 6.07) is 8.97. The summed E-state index contributed by atoms with van der Waals surface area (Å²) in [5.41, 5.74) is 5.75. The second kappa shape index (κ2) is 6.65. The zero-order chi connectivity index (χ0) is 17.2. The summed E-state index contributed by atoms with van der Waals surface area (Å²) < 4.78 is 0. The number of aromatic nitrogens is 2. The highest BCUT2D eigenvalue weighted by atomic mass is 35.5. The molecule has 24 heavy (non-hydrogen) atoms. The number of carboxylic acid groups (broad SMARTS) is 1. The lowest BCUT2D eigenvalue weighted by Gasteiger charge is -2.40. The predicted octanol–water partition coefficient (Wildman–Crippen LogP) is 2.63. The van der Waals surface area contributed by atoms with Crippen LogP contribution in [0.5, 0.6) is 0 Å². The highest BCUT2D eigenvalue weighted by Crippen LogP contribution is 2.35. The molecule has 1 saturated heterocycles. The third-order valence-corrected chi connectivity index (χ3v) is 4.64. The molecule has 3 rings (SSSR count). The van der Waals surface area contributed by atoms with Gasteiger partial charge in [0.25, 0.3) is 0 Å². The summed E-state index contributed by atoms with van der Waals surface area (Å²) in [4.78, 5) is 22.4. The maximum absolute atomic E-state index is 12.1. The molecule has 1 aliphatic rings. The molecule has 2 aromatic rings. The lowest BCUT2D eigenvalue weighted by atomic mass is 9.75. The molecule has 2 heterocycles. The molecule has 1 fully saturated rings. The van der Waals surface area contributed by atoms with Crippen molar-refractivity contribution in [1.82, 2.24) is 9.97 Å². The van der Waals surface area contributed by atoms with Crippen molar-refractivity contribution in [3.63, 3.8) is 0 Å². The van der Waals surface area contributed by atoms with Gasteiger partial charge in [-0.25, -0.2) is 4.98 Å². The van der Waals surface area contributed by atoms with E-state index in [1.807, 2.05) is 23.1 Å². The van der Waals surface area contributed by atoms with E-state index in [-0.39, 0.29) is 0 Å². The van der Waals surface area contributed by atoms with E-state index in [1.54, 1.807) is 18.3 Å². The maximum Gasteiger partial charge on any atom is 0.311 e. The fourth-order valence-electron chi connectivity index (χ4n) is 3.25. The molecule has 0 unspecified atom stereocenters. The average molecular weight is 347 g/mol. The average Bonchev–Trinajstić information content (AvgIpc) is 2.55. The second-order valence-corrected chi connectivity index (χ2v) is 6.64. The van der Waals surface area contributed by atoms with Crippen LogP contribution in [0, 0.1) is 5.41 Å². The van der Waals surface area contributed by atoms with Crippen molar-refractivity contribution in [1.29, 1.82) is 0 Å². The van der Waals surface area contributed by atoms with Crippen LogP contribution in [0.1, 0.15) is 18.4 Å². The Morgan fingerprint density at radius 1 is 1.42 bits per heavy atom. The Labute approximate surface area is 145 Å². The zero-order valence-corrected chi connectivity index (χ0v) is 13.9. The van der Waals surface area contributed by atoms with Crippen molar-refractivity contribution < 1.29 is 9.90 Å². The largest absolute Gasteiger partial charge is 0.481 e. The number of carboxylic acids is 1. The number of nitrogens with two attached hydrogens (primary N) is 1. The van der Waals surface area contributed by atoms with Crippen molar-refractivity contribution in [3.8, 4) is 0 Å². The van der Waals surface area contributed by atoms with Crippen molar-refractivity contribution in [2.75, 3.05) is 23.7 Å². The van der Waals surface area contributed by atoms with Crippen LogP contribution in [0.15, 0.2) is 36.5 Å². The van der Waals surface area contributed by atoms with Gasteiger partial charge in [0.05, 0.1) is 5.41 Å². The van der Waals surface area contributed by atoms with Gasteiger partial charge in [-0.05, 0) is 43.0 Å². The van der Waals surface area contributed by atoms with E-state index in [1.165, 1.54) is 0 Å². The SMILES string of the molecule is Nc1ccnc(N2CCC[C@@](Cc3cccc(Cl)c3)(C(=O)O)C2)n1. The quantitative estimate of drug-likeness (QED) is 0.884. The van der Waals surface area contributed by atoms with Gasteiger partial charge in [0.15, 0.2) is 0 Å². The van der Waals surface area contributed by atoms with Crippen LogP contribution in [0.25, 0.3) is 0 Å². The van der Waals surface area contributed by atoms with Gasteiger partial charge in [-0.2, -0.15) is 4.98 Å². The highest BCUT2D eigenvalue weighted by Gasteiger charge is 2.43. The first-order valence-electron chi connectivity index (χ1n) is 7.80. The molecule has 1 aromatic carbocycles. The minimum Gasteiger partial charge on any atom is -0.481 e. The van der Waals surface area contributed by atoms with Crippen molar-refractivity contribution in [2.24, 2.45) is 5.41 Å². The molecule has 0 amide bonds. The molecule has 0 spiro atoms. The molecule has 0 bridgehead atoms. The fourth-order valence-corrected chi connectivity index (χ4v) is 3.46. The van der Waals surface area contributed by atoms with Crippen molar-refractivity contribution in [3.05, 3.63) is 47.1 Å². The van der Waals surface area contributed by atoms with Crippen molar-refractivity contribution >= 4 is 29.3 Å². The molecular formula is C17H19ClN4O2. The lowest BCUT2D eigenvalue weighted by Crippen LogP contribution is -2.49. The number of nitrogens with zero attached hydrogens (tertiary/aromatic N) is 3. The monoisotopic (exact) mass is 346 g/mol. The lowest BCUT2D eigenvalue weighted by molar-refractivity contribution is -0.149. The third kappa shape index (κ3) is 3.43. The smallest absolute Gasteiger partial charge is 0.311 e. The third-order valence-electron chi connectivity index (χ3n) is 4.41. The Hall–Kier alpha value is -2.34. The first-order valence-corrected chi connectivity index (χ1v) is 8.18. The van der Waals surface area contributed by atoms with Crippen LogP contribution in [0.3, 0.4) is 0 Å². The van der Waals surface area contributed by atoms with E-state index in [2.05, 4.69) is 9.97 Å². The Morgan fingerprint density at radius 2 is 2.25 bits per heavy atom. The summed E-state index contributed by atoms with van der Waals surface area (Å²) in [5.74, 6) is 0.0452. The number of carbonyl (C=O) groups is 1. The summed E-state index contributed by atoms with van der Waals surface area (Å²) in [7, 11) is 0.